The van der Waals surface area contributed by atoms with Gasteiger partial charge in [-0.05, 0) is 27.4 Å². The molecule has 0 aromatic carbocycles. The van der Waals surface area contributed by atoms with E-state index in [0.717, 1.165) is 6.92 Å². The van der Waals surface area contributed by atoms with E-state index in [1.165, 1.54) is 4.47 Å². The van der Waals surface area contributed by atoms with E-state index in [-0.39, 0.29) is 0 Å². The zero-order chi connectivity index (χ0) is 7.98. The summed E-state index contributed by atoms with van der Waals surface area (Å²) < 4.78 is 1.17. The first-order valence-corrected chi connectivity index (χ1v) is 4.23. The van der Waals surface area contributed by atoms with Crippen molar-refractivity contribution in [2.24, 2.45) is 0 Å². The number of thiophene rings is 1. The third kappa shape index (κ3) is 7.65. The standard InChI is InChI=1S/C4H3BrS.C2H4O2/c5-4-1-2-6-3-4;1-2(3)4/h1-3H;1H3,(H,3,4). The van der Waals surface area contributed by atoms with Crippen molar-refractivity contribution in [3.05, 3.63) is 21.3 Å². The highest BCUT2D eigenvalue weighted by Crippen LogP contribution is 2.11. The van der Waals surface area contributed by atoms with Crippen LogP contribution in [0.2, 0.25) is 0 Å². The van der Waals surface area contributed by atoms with Crippen LogP contribution in [0.3, 0.4) is 0 Å². The van der Waals surface area contributed by atoms with Crippen LogP contribution < -0.4 is 0 Å². The molecule has 0 spiro atoms. The molecule has 0 radical (unpaired) electrons. The first kappa shape index (κ1) is 9.65. The van der Waals surface area contributed by atoms with Gasteiger partial charge in [0.05, 0.1) is 0 Å². The number of rotatable bonds is 0. The molecule has 4 heteroatoms. The van der Waals surface area contributed by atoms with Crippen LogP contribution in [-0.4, -0.2) is 11.1 Å². The number of hydrogen-bond acceptors (Lipinski definition) is 2. The third-order valence-electron chi connectivity index (χ3n) is 0.486. The summed E-state index contributed by atoms with van der Waals surface area (Å²) in [6, 6.07) is 2.02. The van der Waals surface area contributed by atoms with Crippen molar-refractivity contribution in [1.82, 2.24) is 0 Å². The van der Waals surface area contributed by atoms with Gasteiger partial charge in [-0.25, -0.2) is 0 Å². The first-order chi connectivity index (χ1) is 4.63. The molecule has 0 saturated heterocycles. The van der Waals surface area contributed by atoms with Crippen LogP contribution in [0.25, 0.3) is 0 Å². The van der Waals surface area contributed by atoms with Crippen molar-refractivity contribution in [3.63, 3.8) is 0 Å². The molecule has 1 N–H and O–H groups in total. The Labute approximate surface area is 71.6 Å². The molecule has 0 unspecified atom stereocenters. The van der Waals surface area contributed by atoms with E-state index in [4.69, 9.17) is 9.90 Å². The zero-order valence-electron chi connectivity index (χ0n) is 5.37. The van der Waals surface area contributed by atoms with Gasteiger partial charge in [0.25, 0.3) is 5.97 Å². The van der Waals surface area contributed by atoms with E-state index in [0.29, 0.717) is 0 Å². The second-order valence-electron chi connectivity index (χ2n) is 1.46. The van der Waals surface area contributed by atoms with Crippen molar-refractivity contribution in [2.75, 3.05) is 0 Å². The number of carboxylic acid groups (broad SMARTS) is 1. The van der Waals surface area contributed by atoms with Crippen molar-refractivity contribution < 1.29 is 9.90 Å². The van der Waals surface area contributed by atoms with E-state index >= 15 is 0 Å². The molecule has 0 amide bonds. The Hall–Kier alpha value is -0.350. The summed E-state index contributed by atoms with van der Waals surface area (Å²) in [5, 5.41) is 11.5. The predicted octanol–water partition coefficient (Wildman–Crippen LogP) is 2.60. The summed E-state index contributed by atoms with van der Waals surface area (Å²) in [7, 11) is 0. The van der Waals surface area contributed by atoms with E-state index in [2.05, 4.69) is 15.9 Å². The highest BCUT2D eigenvalue weighted by Gasteiger charge is 1.77. The van der Waals surface area contributed by atoms with E-state index in [1.54, 1.807) is 11.3 Å². The molecule has 56 valence electrons. The molecule has 0 aliphatic heterocycles. The molecule has 1 aromatic rings. The molecule has 1 rings (SSSR count). The zero-order valence-corrected chi connectivity index (χ0v) is 7.78. The Kier molecular flexibility index (Phi) is 5.25. The average Bonchev–Trinajstić information content (AvgIpc) is 2.15. The lowest BCUT2D eigenvalue weighted by molar-refractivity contribution is -0.134. The third-order valence-corrected chi connectivity index (χ3v) is 1.97. The average molecular weight is 223 g/mol. The van der Waals surface area contributed by atoms with Gasteiger partial charge in [-0.1, -0.05) is 0 Å². The van der Waals surface area contributed by atoms with Crippen LogP contribution in [-0.2, 0) is 4.79 Å². The van der Waals surface area contributed by atoms with Gasteiger partial charge in [-0.15, -0.1) is 0 Å². The van der Waals surface area contributed by atoms with Gasteiger partial charge in [-0.2, -0.15) is 11.3 Å². The largest absolute Gasteiger partial charge is 0.481 e. The summed E-state index contributed by atoms with van der Waals surface area (Å²) in [5.41, 5.74) is 0. The van der Waals surface area contributed by atoms with Crippen LogP contribution in [0.1, 0.15) is 6.92 Å². The quantitative estimate of drug-likeness (QED) is 0.733. The highest BCUT2D eigenvalue weighted by molar-refractivity contribution is 9.10. The van der Waals surface area contributed by atoms with Crippen molar-refractivity contribution in [2.45, 2.75) is 6.92 Å². The maximum absolute atomic E-state index is 9.00. The van der Waals surface area contributed by atoms with E-state index < -0.39 is 5.97 Å². The van der Waals surface area contributed by atoms with Crippen molar-refractivity contribution in [3.8, 4) is 0 Å². The minimum absolute atomic E-state index is 0.833. The molecular formula is C6H7BrO2S. The minimum Gasteiger partial charge on any atom is -0.481 e. The Morgan fingerprint density at radius 2 is 2.30 bits per heavy atom. The van der Waals surface area contributed by atoms with Crippen LogP contribution in [0.15, 0.2) is 21.3 Å². The molecule has 0 saturated carbocycles. The predicted molar refractivity (Wildman–Crippen MR) is 45.3 cm³/mol. The maximum Gasteiger partial charge on any atom is 0.300 e. The van der Waals surface area contributed by atoms with Crippen LogP contribution >= 0.6 is 27.3 Å². The molecule has 0 atom stereocenters. The maximum atomic E-state index is 9.00. The summed E-state index contributed by atoms with van der Waals surface area (Å²) in [5.74, 6) is -0.833. The molecule has 0 aliphatic carbocycles. The Morgan fingerprint density at radius 3 is 2.40 bits per heavy atom. The van der Waals surface area contributed by atoms with Crippen molar-refractivity contribution in [1.29, 1.82) is 0 Å². The Bertz CT molecular complexity index is 180. The SMILES string of the molecule is Brc1ccsc1.CC(=O)O. The van der Waals surface area contributed by atoms with E-state index in [9.17, 15) is 0 Å². The fourth-order valence-corrected chi connectivity index (χ4v) is 1.39. The molecule has 1 aromatic heterocycles. The van der Waals surface area contributed by atoms with E-state index in [1.807, 2.05) is 16.8 Å². The molecular weight excluding hydrogens is 216 g/mol. The number of aliphatic carboxylic acids is 1. The second-order valence-corrected chi connectivity index (χ2v) is 3.16. The smallest absolute Gasteiger partial charge is 0.300 e. The van der Waals surface area contributed by atoms with Gasteiger partial charge >= 0.3 is 0 Å². The molecule has 0 aliphatic rings. The summed E-state index contributed by atoms with van der Waals surface area (Å²) in [6.07, 6.45) is 0. The van der Waals surface area contributed by atoms with Gasteiger partial charge < -0.3 is 5.11 Å². The normalized spacial score (nSPS) is 7.80. The van der Waals surface area contributed by atoms with Crippen LogP contribution in [0.4, 0.5) is 0 Å². The first-order valence-electron chi connectivity index (χ1n) is 2.50. The highest BCUT2D eigenvalue weighted by atomic mass is 79.9. The van der Waals surface area contributed by atoms with Gasteiger partial charge in [0, 0.05) is 16.8 Å². The van der Waals surface area contributed by atoms with Gasteiger partial charge in [-0.3, -0.25) is 4.79 Å². The van der Waals surface area contributed by atoms with Gasteiger partial charge in [0.2, 0.25) is 0 Å². The monoisotopic (exact) mass is 222 g/mol. The van der Waals surface area contributed by atoms with Crippen LogP contribution in [0.5, 0.6) is 0 Å². The molecule has 1 heterocycles. The summed E-state index contributed by atoms with van der Waals surface area (Å²) in [6.45, 7) is 1.08. The Balaban J connectivity index is 0.000000180. The number of carbonyl (C=O) groups is 1. The van der Waals surface area contributed by atoms with Crippen molar-refractivity contribution >= 4 is 33.2 Å². The topological polar surface area (TPSA) is 37.3 Å². The molecule has 10 heavy (non-hydrogen) atoms. The minimum atomic E-state index is -0.833. The summed E-state index contributed by atoms with van der Waals surface area (Å²) in [4.78, 5) is 9.00. The number of carboxylic acids is 1. The lowest BCUT2D eigenvalue weighted by Gasteiger charge is -1.62. The van der Waals surface area contributed by atoms with Gasteiger partial charge in [0.15, 0.2) is 0 Å². The number of hydrogen-bond donors (Lipinski definition) is 1. The Morgan fingerprint density at radius 1 is 1.80 bits per heavy atom. The molecule has 0 bridgehead atoms. The molecule has 2 nitrogen and oxygen atoms in total. The fraction of sp³-hybridized carbons (Fsp3) is 0.167. The second kappa shape index (κ2) is 5.44. The fourth-order valence-electron chi connectivity index (χ4n) is 0.248. The lowest BCUT2D eigenvalue weighted by Crippen LogP contribution is -1.78. The molecule has 0 fully saturated rings. The summed E-state index contributed by atoms with van der Waals surface area (Å²) >= 11 is 4.98. The van der Waals surface area contributed by atoms with Crippen LogP contribution in [0, 0.1) is 0 Å². The number of halogens is 1. The lowest BCUT2D eigenvalue weighted by atomic mass is 10.7. The van der Waals surface area contributed by atoms with Gasteiger partial charge in [0.1, 0.15) is 0 Å².